The number of para-hydroxylation sites is 2. The van der Waals surface area contributed by atoms with Gasteiger partial charge in [0.1, 0.15) is 18.1 Å². The second-order valence-electron chi connectivity index (χ2n) is 6.66. The topological polar surface area (TPSA) is 69.0 Å². The third kappa shape index (κ3) is 4.80. The van der Waals surface area contributed by atoms with Crippen LogP contribution in [-0.2, 0) is 4.79 Å². The number of ether oxygens (including phenoxy) is 2. The lowest BCUT2D eigenvalue weighted by Gasteiger charge is -2.14. The summed E-state index contributed by atoms with van der Waals surface area (Å²) < 4.78 is 16.7. The first-order valence-corrected chi connectivity index (χ1v) is 11.1. The number of furan rings is 1. The summed E-state index contributed by atoms with van der Waals surface area (Å²) in [7, 11) is 1.55. The van der Waals surface area contributed by atoms with Crippen LogP contribution in [0.2, 0.25) is 10.0 Å². The molecule has 0 N–H and O–H groups in total. The van der Waals surface area contributed by atoms with E-state index in [9.17, 15) is 9.59 Å². The van der Waals surface area contributed by atoms with Gasteiger partial charge in [-0.25, -0.2) is 0 Å². The number of methoxy groups -OCH3 is 1. The molecule has 4 rings (SSSR count). The molecule has 2 aromatic carbocycles. The molecule has 2 heterocycles. The largest absolute Gasteiger partial charge is 0.493 e. The highest BCUT2D eigenvalue weighted by Gasteiger charge is 2.35. The van der Waals surface area contributed by atoms with Gasteiger partial charge in [0.05, 0.1) is 23.6 Å². The van der Waals surface area contributed by atoms with Crippen LogP contribution in [0.1, 0.15) is 5.76 Å². The monoisotopic (exact) mass is 489 g/mol. The van der Waals surface area contributed by atoms with Crippen molar-refractivity contribution in [3.63, 3.8) is 0 Å². The van der Waals surface area contributed by atoms with Crippen molar-refractivity contribution in [1.82, 2.24) is 4.90 Å². The van der Waals surface area contributed by atoms with E-state index in [-0.39, 0.29) is 23.3 Å². The minimum Gasteiger partial charge on any atom is -0.493 e. The lowest BCUT2D eigenvalue weighted by Crippen LogP contribution is -2.32. The van der Waals surface area contributed by atoms with Crippen LogP contribution in [0.4, 0.5) is 4.79 Å². The van der Waals surface area contributed by atoms with Crippen LogP contribution in [0.15, 0.2) is 63.9 Å². The second-order valence-corrected chi connectivity index (χ2v) is 8.50. The SMILES string of the molecule is COc1ccccc1OCCN1C(=O)S/C(=C\c2ccc(-c3ccc(Cl)cc3Cl)o2)C1=O. The van der Waals surface area contributed by atoms with Gasteiger partial charge >= 0.3 is 0 Å². The number of benzene rings is 2. The van der Waals surface area contributed by atoms with Crippen molar-refractivity contribution in [2.45, 2.75) is 0 Å². The summed E-state index contributed by atoms with van der Waals surface area (Å²) in [4.78, 5) is 26.5. The molecule has 164 valence electrons. The number of imide groups is 1. The Balaban J connectivity index is 1.43. The van der Waals surface area contributed by atoms with Crippen LogP contribution in [0.5, 0.6) is 11.5 Å². The fraction of sp³-hybridized carbons (Fsp3) is 0.130. The average Bonchev–Trinajstić information content (AvgIpc) is 3.34. The lowest BCUT2D eigenvalue weighted by molar-refractivity contribution is -0.123. The predicted octanol–water partition coefficient (Wildman–Crippen LogP) is 6.38. The van der Waals surface area contributed by atoms with Crippen molar-refractivity contribution in [3.8, 4) is 22.8 Å². The van der Waals surface area contributed by atoms with E-state index in [1.165, 1.54) is 0 Å². The maximum atomic E-state index is 12.7. The van der Waals surface area contributed by atoms with Crippen molar-refractivity contribution in [2.24, 2.45) is 0 Å². The fourth-order valence-electron chi connectivity index (χ4n) is 3.07. The Morgan fingerprint density at radius 2 is 1.84 bits per heavy atom. The predicted molar refractivity (Wildman–Crippen MR) is 125 cm³/mol. The van der Waals surface area contributed by atoms with E-state index in [0.29, 0.717) is 38.6 Å². The van der Waals surface area contributed by atoms with Gasteiger partial charge in [-0.3, -0.25) is 14.5 Å². The third-order valence-corrected chi connectivity index (χ3v) is 6.07. The van der Waals surface area contributed by atoms with Crippen LogP contribution < -0.4 is 9.47 Å². The number of halogens is 2. The summed E-state index contributed by atoms with van der Waals surface area (Å²) in [6.07, 6.45) is 1.54. The number of amides is 2. The summed E-state index contributed by atoms with van der Waals surface area (Å²) in [6, 6.07) is 15.7. The molecule has 0 saturated carbocycles. The zero-order valence-electron chi connectivity index (χ0n) is 16.8. The van der Waals surface area contributed by atoms with Crippen LogP contribution in [0, 0.1) is 0 Å². The molecule has 0 radical (unpaired) electrons. The molecule has 1 aromatic heterocycles. The smallest absolute Gasteiger partial charge is 0.293 e. The van der Waals surface area contributed by atoms with Gasteiger partial charge in [0.15, 0.2) is 11.5 Å². The molecule has 6 nitrogen and oxygen atoms in total. The van der Waals surface area contributed by atoms with Gasteiger partial charge in [0, 0.05) is 16.7 Å². The van der Waals surface area contributed by atoms with Gasteiger partial charge in [0.2, 0.25) is 0 Å². The molecule has 0 atom stereocenters. The summed E-state index contributed by atoms with van der Waals surface area (Å²) >= 11 is 13.0. The Kier molecular flexibility index (Phi) is 6.79. The summed E-state index contributed by atoms with van der Waals surface area (Å²) in [5, 5.41) is 0.611. The van der Waals surface area contributed by atoms with Crippen LogP contribution >= 0.6 is 35.0 Å². The van der Waals surface area contributed by atoms with Gasteiger partial charge < -0.3 is 13.9 Å². The number of nitrogens with zero attached hydrogens (tertiary/aromatic N) is 1. The standard InChI is InChI=1S/C23H17Cl2NO5S/c1-29-19-4-2-3-5-20(19)30-11-10-26-22(27)21(32-23(26)28)13-15-7-9-18(31-15)16-8-6-14(24)12-17(16)25/h2-9,12-13H,10-11H2,1H3/b21-13-. The molecule has 0 bridgehead atoms. The molecule has 1 aliphatic heterocycles. The van der Waals surface area contributed by atoms with Crippen molar-refractivity contribution < 1.29 is 23.5 Å². The molecule has 0 unspecified atom stereocenters. The maximum absolute atomic E-state index is 12.7. The highest BCUT2D eigenvalue weighted by atomic mass is 35.5. The molecular formula is C23H17Cl2NO5S. The molecule has 3 aromatic rings. The Morgan fingerprint density at radius 3 is 2.59 bits per heavy atom. The molecule has 0 spiro atoms. The second kappa shape index (κ2) is 9.73. The van der Waals surface area contributed by atoms with Crippen LogP contribution in [0.3, 0.4) is 0 Å². The zero-order chi connectivity index (χ0) is 22.7. The first-order valence-electron chi connectivity index (χ1n) is 9.52. The highest BCUT2D eigenvalue weighted by molar-refractivity contribution is 8.18. The molecule has 32 heavy (non-hydrogen) atoms. The van der Waals surface area contributed by atoms with E-state index in [0.717, 1.165) is 16.7 Å². The van der Waals surface area contributed by atoms with E-state index in [1.54, 1.807) is 55.7 Å². The number of carbonyl (C=O) groups is 2. The summed E-state index contributed by atoms with van der Waals surface area (Å²) in [5.41, 5.74) is 0.678. The summed E-state index contributed by atoms with van der Waals surface area (Å²) in [5.74, 6) is 1.69. The van der Waals surface area contributed by atoms with Gasteiger partial charge in [-0.15, -0.1) is 0 Å². The van der Waals surface area contributed by atoms with Crippen molar-refractivity contribution in [1.29, 1.82) is 0 Å². The normalized spacial score (nSPS) is 15.0. The van der Waals surface area contributed by atoms with E-state index in [1.807, 2.05) is 12.1 Å². The summed E-state index contributed by atoms with van der Waals surface area (Å²) in [6.45, 7) is 0.259. The first kappa shape index (κ1) is 22.3. The van der Waals surface area contributed by atoms with Crippen molar-refractivity contribution in [2.75, 3.05) is 20.3 Å². The van der Waals surface area contributed by atoms with E-state index < -0.39 is 5.91 Å². The number of carbonyl (C=O) groups excluding carboxylic acids is 2. The van der Waals surface area contributed by atoms with Gasteiger partial charge in [0.25, 0.3) is 11.1 Å². The molecular weight excluding hydrogens is 473 g/mol. The Morgan fingerprint density at radius 1 is 1.06 bits per heavy atom. The fourth-order valence-corrected chi connectivity index (χ4v) is 4.42. The number of hydrogen-bond donors (Lipinski definition) is 0. The Labute approximate surface area is 198 Å². The molecule has 2 amide bonds. The quantitative estimate of drug-likeness (QED) is 0.358. The van der Waals surface area contributed by atoms with E-state index >= 15 is 0 Å². The first-order chi connectivity index (χ1) is 15.5. The van der Waals surface area contributed by atoms with E-state index in [2.05, 4.69) is 0 Å². The Bertz CT molecular complexity index is 1210. The Hall–Kier alpha value is -2.87. The van der Waals surface area contributed by atoms with E-state index in [4.69, 9.17) is 37.1 Å². The molecule has 1 aliphatic rings. The number of rotatable bonds is 7. The number of hydrogen-bond acceptors (Lipinski definition) is 6. The lowest BCUT2D eigenvalue weighted by atomic mass is 10.2. The van der Waals surface area contributed by atoms with Gasteiger partial charge in [-0.2, -0.15) is 0 Å². The van der Waals surface area contributed by atoms with Gasteiger partial charge in [-0.1, -0.05) is 35.3 Å². The van der Waals surface area contributed by atoms with Gasteiger partial charge in [-0.05, 0) is 54.2 Å². The number of thioether (sulfide) groups is 1. The van der Waals surface area contributed by atoms with Crippen molar-refractivity contribution >= 4 is 52.2 Å². The third-order valence-electron chi connectivity index (χ3n) is 4.61. The van der Waals surface area contributed by atoms with Crippen LogP contribution in [0.25, 0.3) is 17.4 Å². The average molecular weight is 490 g/mol. The highest BCUT2D eigenvalue weighted by Crippen LogP contribution is 2.35. The minimum atomic E-state index is -0.397. The molecule has 9 heteroatoms. The van der Waals surface area contributed by atoms with Crippen LogP contribution in [-0.4, -0.2) is 36.3 Å². The zero-order valence-corrected chi connectivity index (χ0v) is 19.2. The molecule has 1 saturated heterocycles. The van der Waals surface area contributed by atoms with Crippen molar-refractivity contribution in [3.05, 3.63) is 75.3 Å². The molecule has 1 fully saturated rings. The molecule has 0 aliphatic carbocycles. The maximum Gasteiger partial charge on any atom is 0.293 e. The minimum absolute atomic E-state index is 0.115.